The maximum Gasteiger partial charge on any atom is 0.220 e. The van der Waals surface area contributed by atoms with Crippen molar-refractivity contribution in [3.63, 3.8) is 0 Å². The Kier molecular flexibility index (Phi) is 7.00. The Labute approximate surface area is 165 Å². The van der Waals surface area contributed by atoms with Gasteiger partial charge in [0.05, 0.1) is 21.3 Å². The molecule has 1 aliphatic carbocycles. The Hall–Kier alpha value is -1.75. The second-order valence-corrected chi connectivity index (χ2v) is 9.15. The van der Waals surface area contributed by atoms with Crippen molar-refractivity contribution in [2.24, 2.45) is 5.92 Å². The minimum atomic E-state index is -0.343. The molecule has 4 nitrogen and oxygen atoms in total. The summed E-state index contributed by atoms with van der Waals surface area (Å²) in [5.41, 5.74) is 2.31. The minimum Gasteiger partial charge on any atom is -0.347 e. The van der Waals surface area contributed by atoms with Crippen LogP contribution in [0.2, 0.25) is 0 Å². The molecule has 0 saturated heterocycles. The van der Waals surface area contributed by atoms with E-state index in [0.29, 0.717) is 24.7 Å². The average Bonchev–Trinajstić information content (AvgIpc) is 3.08. The van der Waals surface area contributed by atoms with Gasteiger partial charge in [-0.3, -0.25) is 4.79 Å². The molecule has 1 atom stereocenters. The topological polar surface area (TPSA) is 59.1 Å². The summed E-state index contributed by atoms with van der Waals surface area (Å²) in [6.07, 6.45) is 8.86. The molecule has 1 fully saturated rings. The van der Waals surface area contributed by atoms with Gasteiger partial charge in [0.2, 0.25) is 5.91 Å². The highest BCUT2D eigenvalue weighted by atomic mass is 32.1. The van der Waals surface area contributed by atoms with Gasteiger partial charge < -0.3 is 10.1 Å². The zero-order chi connectivity index (χ0) is 19.2. The molecule has 3 rings (SSSR count). The second-order valence-electron chi connectivity index (χ2n) is 8.04. The van der Waals surface area contributed by atoms with Crippen molar-refractivity contribution in [1.82, 2.24) is 10.3 Å². The summed E-state index contributed by atoms with van der Waals surface area (Å²) < 4.78 is 1.18. The molecule has 1 aromatic carbocycles. The van der Waals surface area contributed by atoms with E-state index in [9.17, 15) is 9.59 Å². The highest BCUT2D eigenvalue weighted by Crippen LogP contribution is 2.28. The number of thiazole rings is 1. The smallest absolute Gasteiger partial charge is 0.220 e. The summed E-state index contributed by atoms with van der Waals surface area (Å²) in [4.78, 5) is 28.3. The first-order chi connectivity index (χ1) is 13.0. The first-order valence-corrected chi connectivity index (χ1v) is 11.0. The third-order valence-electron chi connectivity index (χ3n) is 5.51. The molecule has 0 aliphatic heterocycles. The van der Waals surface area contributed by atoms with Gasteiger partial charge in [0.15, 0.2) is 0 Å². The van der Waals surface area contributed by atoms with Gasteiger partial charge in [0, 0.05) is 12.8 Å². The van der Waals surface area contributed by atoms with Crippen LogP contribution in [-0.2, 0) is 16.0 Å². The van der Waals surface area contributed by atoms with Crippen LogP contribution in [0.15, 0.2) is 18.2 Å². The molecule has 146 valence electrons. The van der Waals surface area contributed by atoms with E-state index in [-0.39, 0.29) is 11.9 Å². The largest absolute Gasteiger partial charge is 0.347 e. The van der Waals surface area contributed by atoms with Crippen LogP contribution in [0.3, 0.4) is 0 Å². The first kappa shape index (κ1) is 20.0. The molecule has 0 radical (unpaired) electrons. The van der Waals surface area contributed by atoms with Crippen molar-refractivity contribution in [2.45, 2.75) is 77.2 Å². The number of hydrogen-bond acceptors (Lipinski definition) is 4. The molecule has 27 heavy (non-hydrogen) atoms. The van der Waals surface area contributed by atoms with Crippen molar-refractivity contribution in [1.29, 1.82) is 0 Å². The van der Waals surface area contributed by atoms with Crippen LogP contribution in [0.1, 0.15) is 75.3 Å². The molecule has 5 heteroatoms. The summed E-state index contributed by atoms with van der Waals surface area (Å²) in [6.45, 7) is 4.37. The van der Waals surface area contributed by atoms with Crippen molar-refractivity contribution in [2.75, 3.05) is 0 Å². The van der Waals surface area contributed by atoms with E-state index in [1.807, 2.05) is 0 Å². The molecular formula is C22H30N2O2S. The van der Waals surface area contributed by atoms with Gasteiger partial charge in [0.25, 0.3) is 0 Å². The fraction of sp³-hybridized carbons (Fsp3) is 0.591. The quantitative estimate of drug-likeness (QED) is 0.649. The number of carbonyl (C=O) groups excluding carboxylic acids is 2. The zero-order valence-corrected chi connectivity index (χ0v) is 17.2. The molecule has 1 saturated carbocycles. The third-order valence-corrected chi connectivity index (χ3v) is 6.59. The number of carbonyl (C=O) groups is 2. The van der Waals surface area contributed by atoms with Gasteiger partial charge in [-0.2, -0.15) is 0 Å². The lowest BCUT2D eigenvalue weighted by molar-refractivity contribution is -0.124. The van der Waals surface area contributed by atoms with Crippen molar-refractivity contribution >= 4 is 33.7 Å². The molecule has 2 aromatic rings. The lowest BCUT2D eigenvalue weighted by Gasteiger charge is -2.24. The van der Waals surface area contributed by atoms with E-state index in [0.717, 1.165) is 23.2 Å². The maximum absolute atomic E-state index is 12.3. The Morgan fingerprint density at radius 1 is 1.30 bits per heavy atom. The number of aldehydes is 1. The SMILES string of the molecule is CC(C)c1ccc2nc(CCC(=O)NC(C=O)CC3CCCCC3)sc2c1. The van der Waals surface area contributed by atoms with Crippen molar-refractivity contribution in [3.8, 4) is 0 Å². The van der Waals surface area contributed by atoms with Crippen LogP contribution in [0.5, 0.6) is 0 Å². The van der Waals surface area contributed by atoms with Crippen LogP contribution < -0.4 is 5.32 Å². The lowest BCUT2D eigenvalue weighted by atomic mass is 9.85. The van der Waals surface area contributed by atoms with Gasteiger partial charge in [-0.05, 0) is 36.0 Å². The summed E-state index contributed by atoms with van der Waals surface area (Å²) in [6, 6.07) is 6.05. The van der Waals surface area contributed by atoms with E-state index in [1.165, 1.54) is 42.4 Å². The van der Waals surface area contributed by atoms with Crippen LogP contribution in [-0.4, -0.2) is 23.2 Å². The predicted molar refractivity (Wildman–Crippen MR) is 111 cm³/mol. The van der Waals surface area contributed by atoms with Crippen LogP contribution >= 0.6 is 11.3 Å². The summed E-state index contributed by atoms with van der Waals surface area (Å²) in [5, 5.41) is 3.89. The molecule has 1 N–H and O–H groups in total. The summed E-state index contributed by atoms with van der Waals surface area (Å²) >= 11 is 1.66. The predicted octanol–water partition coefficient (Wildman–Crippen LogP) is 5.01. The highest BCUT2D eigenvalue weighted by molar-refractivity contribution is 7.18. The number of hydrogen-bond donors (Lipinski definition) is 1. The average molecular weight is 387 g/mol. The Morgan fingerprint density at radius 2 is 2.07 bits per heavy atom. The molecule has 1 aliphatic rings. The zero-order valence-electron chi connectivity index (χ0n) is 16.4. The molecule has 1 amide bonds. The number of fused-ring (bicyclic) bond motifs is 1. The van der Waals surface area contributed by atoms with Gasteiger partial charge in [0.1, 0.15) is 6.29 Å². The van der Waals surface area contributed by atoms with E-state index in [2.05, 4.69) is 42.3 Å². The van der Waals surface area contributed by atoms with Gasteiger partial charge in [-0.15, -0.1) is 11.3 Å². The third kappa shape index (κ3) is 5.61. The number of nitrogens with one attached hydrogen (secondary N) is 1. The van der Waals surface area contributed by atoms with E-state index >= 15 is 0 Å². The number of amides is 1. The number of benzene rings is 1. The van der Waals surface area contributed by atoms with Gasteiger partial charge >= 0.3 is 0 Å². The Morgan fingerprint density at radius 3 is 2.78 bits per heavy atom. The summed E-state index contributed by atoms with van der Waals surface area (Å²) in [7, 11) is 0. The molecule has 1 unspecified atom stereocenters. The number of aryl methyl sites for hydroxylation is 1. The Balaban J connectivity index is 1.51. The van der Waals surface area contributed by atoms with Crippen molar-refractivity contribution < 1.29 is 9.59 Å². The number of aromatic nitrogens is 1. The van der Waals surface area contributed by atoms with E-state index in [4.69, 9.17) is 0 Å². The standard InChI is InChI=1S/C22H30N2O2S/c1-15(2)17-8-9-19-20(13-17)27-22(24-19)11-10-21(26)23-18(14-25)12-16-6-4-3-5-7-16/h8-9,13-16,18H,3-7,10-12H2,1-2H3,(H,23,26). The normalized spacial score (nSPS) is 16.6. The Bertz CT molecular complexity index is 778. The first-order valence-electron chi connectivity index (χ1n) is 10.2. The fourth-order valence-corrected chi connectivity index (χ4v) is 4.90. The number of nitrogens with zero attached hydrogens (tertiary/aromatic N) is 1. The minimum absolute atomic E-state index is 0.0509. The molecular weight excluding hydrogens is 356 g/mol. The number of rotatable bonds is 8. The van der Waals surface area contributed by atoms with E-state index in [1.54, 1.807) is 11.3 Å². The van der Waals surface area contributed by atoms with Crippen LogP contribution in [0, 0.1) is 5.92 Å². The summed E-state index contributed by atoms with van der Waals surface area (Å²) in [5.74, 6) is 1.02. The molecule has 0 spiro atoms. The highest BCUT2D eigenvalue weighted by Gasteiger charge is 2.20. The van der Waals surface area contributed by atoms with E-state index < -0.39 is 0 Å². The van der Waals surface area contributed by atoms with Gasteiger partial charge in [-0.1, -0.05) is 52.0 Å². The van der Waals surface area contributed by atoms with Crippen LogP contribution in [0.25, 0.3) is 10.2 Å². The van der Waals surface area contributed by atoms with Crippen molar-refractivity contribution in [3.05, 3.63) is 28.8 Å². The molecule has 1 heterocycles. The van der Waals surface area contributed by atoms with Crippen LogP contribution in [0.4, 0.5) is 0 Å². The fourth-order valence-electron chi connectivity index (χ4n) is 3.88. The second kappa shape index (κ2) is 9.45. The lowest BCUT2D eigenvalue weighted by Crippen LogP contribution is -2.37. The monoisotopic (exact) mass is 386 g/mol. The molecule has 1 aromatic heterocycles. The molecule has 0 bridgehead atoms. The maximum atomic E-state index is 12.3. The van der Waals surface area contributed by atoms with Gasteiger partial charge in [-0.25, -0.2) is 4.98 Å².